The standard InChI is InChI=1S/C21H25BrN2O3S/c1-4-11-26-19-10-9-15(12-18(19)22)20(25)24-21(28)23-16-7-6-8-17(13-16)27-14(3)5-2/h6-10,12-14H,4-5,11H2,1-3H3,(H2,23,24,25,28). The van der Waals surface area contributed by atoms with Crippen LogP contribution in [0.3, 0.4) is 0 Å². The van der Waals surface area contributed by atoms with E-state index in [4.69, 9.17) is 21.7 Å². The van der Waals surface area contributed by atoms with Gasteiger partial charge in [0.1, 0.15) is 11.5 Å². The van der Waals surface area contributed by atoms with Crippen LogP contribution in [-0.2, 0) is 0 Å². The van der Waals surface area contributed by atoms with Gasteiger partial charge in [-0.25, -0.2) is 0 Å². The fraction of sp³-hybridized carbons (Fsp3) is 0.333. The minimum Gasteiger partial charge on any atom is -0.492 e. The van der Waals surface area contributed by atoms with E-state index in [1.54, 1.807) is 18.2 Å². The van der Waals surface area contributed by atoms with E-state index in [0.717, 1.165) is 28.8 Å². The maximum absolute atomic E-state index is 12.4. The summed E-state index contributed by atoms with van der Waals surface area (Å²) in [5, 5.41) is 5.91. The molecule has 0 saturated heterocycles. The average molecular weight is 465 g/mol. The second kappa shape index (κ2) is 11.0. The maximum Gasteiger partial charge on any atom is 0.257 e. The number of carbonyl (C=O) groups excluding carboxylic acids is 1. The van der Waals surface area contributed by atoms with Gasteiger partial charge in [-0.05, 0) is 78.2 Å². The molecule has 0 aliphatic heterocycles. The number of amides is 1. The van der Waals surface area contributed by atoms with Crippen LogP contribution in [0.25, 0.3) is 0 Å². The van der Waals surface area contributed by atoms with Crippen molar-refractivity contribution in [2.45, 2.75) is 39.7 Å². The second-order valence-electron chi connectivity index (χ2n) is 6.27. The number of halogens is 1. The first-order valence-corrected chi connectivity index (χ1v) is 10.4. The van der Waals surface area contributed by atoms with Gasteiger partial charge in [-0.1, -0.05) is 19.9 Å². The quantitative estimate of drug-likeness (QED) is 0.502. The molecule has 0 bridgehead atoms. The molecule has 0 aromatic heterocycles. The SMILES string of the molecule is CCCOc1ccc(C(=O)NC(=S)Nc2cccc(OC(C)CC)c2)cc1Br. The zero-order valence-electron chi connectivity index (χ0n) is 16.3. The number of benzene rings is 2. The Morgan fingerprint density at radius 3 is 2.68 bits per heavy atom. The molecule has 1 amide bonds. The van der Waals surface area contributed by atoms with E-state index < -0.39 is 0 Å². The lowest BCUT2D eigenvalue weighted by molar-refractivity contribution is 0.0977. The highest BCUT2D eigenvalue weighted by Crippen LogP contribution is 2.26. The highest BCUT2D eigenvalue weighted by molar-refractivity contribution is 9.10. The van der Waals surface area contributed by atoms with Crippen LogP contribution in [-0.4, -0.2) is 23.7 Å². The molecule has 0 aliphatic carbocycles. The van der Waals surface area contributed by atoms with Crippen molar-refractivity contribution >= 4 is 44.9 Å². The van der Waals surface area contributed by atoms with Crippen LogP contribution in [0.15, 0.2) is 46.9 Å². The first-order chi connectivity index (χ1) is 13.4. The lowest BCUT2D eigenvalue weighted by Crippen LogP contribution is -2.34. The van der Waals surface area contributed by atoms with E-state index in [-0.39, 0.29) is 17.1 Å². The molecular weight excluding hydrogens is 440 g/mol. The van der Waals surface area contributed by atoms with Crippen molar-refractivity contribution in [2.75, 3.05) is 11.9 Å². The lowest BCUT2D eigenvalue weighted by Gasteiger charge is -2.14. The molecule has 1 atom stereocenters. The number of nitrogens with one attached hydrogen (secondary N) is 2. The minimum absolute atomic E-state index is 0.129. The second-order valence-corrected chi connectivity index (χ2v) is 7.53. The van der Waals surface area contributed by atoms with Crippen LogP contribution in [0.2, 0.25) is 0 Å². The molecule has 0 saturated carbocycles. The molecule has 7 heteroatoms. The molecule has 2 rings (SSSR count). The largest absolute Gasteiger partial charge is 0.492 e. The molecule has 0 aliphatic rings. The van der Waals surface area contributed by atoms with Gasteiger partial charge < -0.3 is 14.8 Å². The number of hydrogen-bond donors (Lipinski definition) is 2. The summed E-state index contributed by atoms with van der Waals surface area (Å²) in [5.74, 6) is 1.16. The molecule has 2 N–H and O–H groups in total. The maximum atomic E-state index is 12.4. The van der Waals surface area contributed by atoms with E-state index in [9.17, 15) is 4.79 Å². The summed E-state index contributed by atoms with van der Waals surface area (Å²) in [6.07, 6.45) is 1.96. The molecular formula is C21H25BrN2O3S. The van der Waals surface area contributed by atoms with Gasteiger partial charge in [0, 0.05) is 17.3 Å². The highest BCUT2D eigenvalue weighted by Gasteiger charge is 2.11. The smallest absolute Gasteiger partial charge is 0.257 e. The van der Waals surface area contributed by atoms with Gasteiger partial charge in [0.15, 0.2) is 5.11 Å². The lowest BCUT2D eigenvalue weighted by atomic mass is 10.2. The van der Waals surface area contributed by atoms with Crippen LogP contribution in [0.1, 0.15) is 44.0 Å². The monoisotopic (exact) mass is 464 g/mol. The number of hydrogen-bond acceptors (Lipinski definition) is 4. The Labute approximate surface area is 179 Å². The number of thiocarbonyl (C=S) groups is 1. The van der Waals surface area contributed by atoms with E-state index in [2.05, 4.69) is 33.5 Å². The van der Waals surface area contributed by atoms with Crippen molar-refractivity contribution in [3.8, 4) is 11.5 Å². The third-order valence-electron chi connectivity index (χ3n) is 3.89. The van der Waals surface area contributed by atoms with Crippen LogP contribution in [0.5, 0.6) is 11.5 Å². The fourth-order valence-corrected chi connectivity index (χ4v) is 2.98. The predicted molar refractivity (Wildman–Crippen MR) is 120 cm³/mol. The summed E-state index contributed by atoms with van der Waals surface area (Å²) >= 11 is 8.69. The van der Waals surface area contributed by atoms with Crippen LogP contribution < -0.4 is 20.1 Å². The van der Waals surface area contributed by atoms with Crippen molar-refractivity contribution in [3.63, 3.8) is 0 Å². The van der Waals surface area contributed by atoms with Crippen molar-refractivity contribution in [2.24, 2.45) is 0 Å². The molecule has 0 heterocycles. The fourth-order valence-electron chi connectivity index (χ4n) is 2.27. The van der Waals surface area contributed by atoms with Crippen molar-refractivity contribution in [1.29, 1.82) is 0 Å². The summed E-state index contributed by atoms with van der Waals surface area (Å²) < 4.78 is 12.1. The molecule has 0 fully saturated rings. The Hall–Kier alpha value is -2.12. The Morgan fingerprint density at radius 1 is 1.21 bits per heavy atom. The van der Waals surface area contributed by atoms with Crippen molar-refractivity contribution in [1.82, 2.24) is 5.32 Å². The van der Waals surface area contributed by atoms with E-state index in [1.165, 1.54) is 0 Å². The summed E-state index contributed by atoms with van der Waals surface area (Å²) in [6.45, 7) is 6.74. The third-order valence-corrected chi connectivity index (χ3v) is 4.71. The van der Waals surface area contributed by atoms with Crippen molar-refractivity contribution < 1.29 is 14.3 Å². The van der Waals surface area contributed by atoms with Crippen LogP contribution in [0.4, 0.5) is 5.69 Å². The topological polar surface area (TPSA) is 59.6 Å². The predicted octanol–water partition coefficient (Wildman–Crippen LogP) is 5.54. The van der Waals surface area contributed by atoms with Gasteiger partial charge in [0.05, 0.1) is 17.2 Å². The Kier molecular flexibility index (Phi) is 8.73. The van der Waals surface area contributed by atoms with Gasteiger partial charge in [-0.3, -0.25) is 10.1 Å². The molecule has 1 unspecified atom stereocenters. The Balaban J connectivity index is 1.96. The van der Waals surface area contributed by atoms with Crippen LogP contribution >= 0.6 is 28.1 Å². The first-order valence-electron chi connectivity index (χ1n) is 9.24. The van der Waals surface area contributed by atoms with Gasteiger partial charge in [-0.15, -0.1) is 0 Å². The molecule has 150 valence electrons. The zero-order valence-corrected chi connectivity index (χ0v) is 18.7. The molecule has 28 heavy (non-hydrogen) atoms. The van der Waals surface area contributed by atoms with Gasteiger partial charge in [-0.2, -0.15) is 0 Å². The average Bonchev–Trinajstić information content (AvgIpc) is 2.67. The summed E-state index contributed by atoms with van der Waals surface area (Å²) in [5.41, 5.74) is 1.23. The van der Waals surface area contributed by atoms with Gasteiger partial charge in [0.2, 0.25) is 0 Å². The van der Waals surface area contributed by atoms with Crippen molar-refractivity contribution in [3.05, 3.63) is 52.5 Å². The number of rotatable bonds is 8. The minimum atomic E-state index is -0.299. The molecule has 5 nitrogen and oxygen atoms in total. The van der Waals surface area contributed by atoms with Gasteiger partial charge in [0.25, 0.3) is 5.91 Å². The molecule has 0 radical (unpaired) electrons. The summed E-state index contributed by atoms with van der Waals surface area (Å²) in [7, 11) is 0. The van der Waals surface area contributed by atoms with E-state index in [0.29, 0.717) is 17.9 Å². The third kappa shape index (κ3) is 6.80. The summed E-state index contributed by atoms with van der Waals surface area (Å²) in [4.78, 5) is 12.4. The van der Waals surface area contributed by atoms with Crippen LogP contribution in [0, 0.1) is 0 Å². The number of ether oxygens (including phenoxy) is 2. The highest BCUT2D eigenvalue weighted by atomic mass is 79.9. The Morgan fingerprint density at radius 2 is 2.00 bits per heavy atom. The number of carbonyl (C=O) groups is 1. The molecule has 2 aromatic rings. The zero-order chi connectivity index (χ0) is 20.5. The van der Waals surface area contributed by atoms with E-state index in [1.807, 2.05) is 38.1 Å². The normalized spacial score (nSPS) is 11.4. The molecule has 0 spiro atoms. The summed E-state index contributed by atoms with van der Waals surface area (Å²) in [6, 6.07) is 12.6. The Bertz CT molecular complexity index is 829. The first kappa shape index (κ1) is 22.2. The van der Waals surface area contributed by atoms with E-state index >= 15 is 0 Å². The number of anilines is 1. The molecule has 2 aromatic carbocycles. The van der Waals surface area contributed by atoms with Gasteiger partial charge >= 0.3 is 0 Å².